The predicted molar refractivity (Wildman–Crippen MR) is 105 cm³/mol. The maximum Gasteiger partial charge on any atom is 0.466 e. The first-order valence-electron chi connectivity index (χ1n) is 9.20. The van der Waals surface area contributed by atoms with Gasteiger partial charge in [-0.15, -0.1) is 0 Å². The molecular formula is C22H27BO3. The van der Waals surface area contributed by atoms with Crippen LogP contribution in [0.15, 0.2) is 54.6 Å². The van der Waals surface area contributed by atoms with Crippen LogP contribution in [0.5, 0.6) is 0 Å². The van der Waals surface area contributed by atoms with Crippen LogP contribution in [0.2, 0.25) is 0 Å². The van der Waals surface area contributed by atoms with E-state index in [9.17, 15) is 4.79 Å². The van der Waals surface area contributed by atoms with E-state index in [1.165, 1.54) is 0 Å². The number of benzene rings is 2. The minimum Gasteiger partial charge on any atom is -0.403 e. The minimum atomic E-state index is -0.447. The van der Waals surface area contributed by atoms with Crippen LogP contribution >= 0.6 is 0 Å². The van der Waals surface area contributed by atoms with Crippen molar-refractivity contribution in [2.75, 3.05) is 0 Å². The van der Waals surface area contributed by atoms with Gasteiger partial charge in [0, 0.05) is 17.8 Å². The van der Waals surface area contributed by atoms with Crippen molar-refractivity contribution < 1.29 is 14.1 Å². The smallest absolute Gasteiger partial charge is 0.403 e. The van der Waals surface area contributed by atoms with Crippen LogP contribution in [0.1, 0.15) is 61.4 Å². The molecule has 3 nitrogen and oxygen atoms in total. The Bertz CT molecular complexity index is 750. The van der Waals surface area contributed by atoms with Crippen molar-refractivity contribution in [3.05, 3.63) is 71.3 Å². The van der Waals surface area contributed by atoms with Gasteiger partial charge in [-0.2, -0.15) is 0 Å². The van der Waals surface area contributed by atoms with Crippen molar-refractivity contribution in [2.45, 2.75) is 58.1 Å². The number of carbonyl (C=O) groups excluding carboxylic acids is 1. The minimum absolute atomic E-state index is 0.105. The highest BCUT2D eigenvalue weighted by Crippen LogP contribution is 2.42. The number of hydrogen-bond acceptors (Lipinski definition) is 3. The molecule has 2 aromatic carbocycles. The van der Waals surface area contributed by atoms with Crippen molar-refractivity contribution in [1.29, 1.82) is 0 Å². The summed E-state index contributed by atoms with van der Waals surface area (Å²) in [6, 6.07) is 17.8. The van der Waals surface area contributed by atoms with E-state index in [1.54, 1.807) is 0 Å². The molecular weight excluding hydrogens is 323 g/mol. The number of ketones is 1. The standard InChI is InChI=1S/C22H27BO3/c1-16-11-13-18(14-12-16)20(24)15-19(17-9-7-6-8-10-17)23-25-21(2,3)22(4,5)26-23/h6-14,19H,15H2,1-5H3/t19-/m1/s1. The third kappa shape index (κ3) is 3.77. The van der Waals surface area contributed by atoms with Gasteiger partial charge in [-0.25, -0.2) is 0 Å². The highest BCUT2D eigenvalue weighted by molar-refractivity contribution is 6.48. The molecule has 4 heteroatoms. The van der Waals surface area contributed by atoms with Gasteiger partial charge in [0.15, 0.2) is 5.78 Å². The van der Waals surface area contributed by atoms with Crippen LogP contribution in [0.25, 0.3) is 0 Å². The van der Waals surface area contributed by atoms with E-state index >= 15 is 0 Å². The lowest BCUT2D eigenvalue weighted by Crippen LogP contribution is -2.41. The molecule has 0 unspecified atom stereocenters. The maximum atomic E-state index is 12.9. The van der Waals surface area contributed by atoms with Crippen molar-refractivity contribution >= 4 is 12.9 Å². The highest BCUT2D eigenvalue weighted by Gasteiger charge is 2.54. The maximum absolute atomic E-state index is 12.9. The van der Waals surface area contributed by atoms with Gasteiger partial charge < -0.3 is 9.31 Å². The van der Waals surface area contributed by atoms with Crippen molar-refractivity contribution in [3.63, 3.8) is 0 Å². The first-order chi connectivity index (χ1) is 12.2. The third-order valence-corrected chi connectivity index (χ3v) is 5.61. The lowest BCUT2D eigenvalue weighted by molar-refractivity contribution is 0.00578. The highest BCUT2D eigenvalue weighted by atomic mass is 16.7. The molecule has 1 aliphatic rings. The zero-order valence-electron chi connectivity index (χ0n) is 16.3. The largest absolute Gasteiger partial charge is 0.466 e. The fourth-order valence-corrected chi connectivity index (χ4v) is 3.18. The van der Waals surface area contributed by atoms with Gasteiger partial charge in [0.1, 0.15) is 0 Å². The van der Waals surface area contributed by atoms with E-state index in [0.717, 1.165) is 16.7 Å². The van der Waals surface area contributed by atoms with Gasteiger partial charge in [-0.05, 0) is 40.2 Å². The van der Waals surface area contributed by atoms with E-state index < -0.39 is 18.3 Å². The molecule has 2 aromatic rings. The van der Waals surface area contributed by atoms with Crippen molar-refractivity contribution in [1.82, 2.24) is 0 Å². The molecule has 136 valence electrons. The summed E-state index contributed by atoms with van der Waals surface area (Å²) in [5.41, 5.74) is 2.10. The fourth-order valence-electron chi connectivity index (χ4n) is 3.18. The molecule has 0 aromatic heterocycles. The van der Waals surface area contributed by atoms with E-state index in [2.05, 4.69) is 0 Å². The van der Waals surface area contributed by atoms with Crippen LogP contribution < -0.4 is 0 Å². The van der Waals surface area contributed by atoms with Crippen LogP contribution in [0.4, 0.5) is 0 Å². The molecule has 0 bridgehead atoms. The Kier molecular flexibility index (Phi) is 5.09. The van der Waals surface area contributed by atoms with Gasteiger partial charge >= 0.3 is 7.12 Å². The predicted octanol–water partition coefficient (Wildman–Crippen LogP) is 4.98. The average Bonchev–Trinajstić information content (AvgIpc) is 2.81. The molecule has 0 spiro atoms. The lowest BCUT2D eigenvalue weighted by Gasteiger charge is -2.32. The zero-order chi connectivity index (χ0) is 18.9. The number of carbonyl (C=O) groups is 1. The molecule has 26 heavy (non-hydrogen) atoms. The summed E-state index contributed by atoms with van der Waals surface area (Å²) in [4.78, 5) is 12.9. The number of aryl methyl sites for hydroxylation is 1. The van der Waals surface area contributed by atoms with Crippen LogP contribution in [-0.2, 0) is 9.31 Å². The van der Waals surface area contributed by atoms with Crippen LogP contribution in [-0.4, -0.2) is 24.1 Å². The third-order valence-electron chi connectivity index (χ3n) is 5.61. The summed E-state index contributed by atoms with van der Waals surface area (Å²) >= 11 is 0. The molecule has 0 N–H and O–H groups in total. The first kappa shape index (κ1) is 18.9. The average molecular weight is 350 g/mol. The monoisotopic (exact) mass is 350 g/mol. The topological polar surface area (TPSA) is 35.5 Å². The second kappa shape index (κ2) is 7.01. The molecule has 0 amide bonds. The summed E-state index contributed by atoms with van der Waals surface area (Å²) in [7, 11) is -0.447. The number of rotatable bonds is 5. The van der Waals surface area contributed by atoms with Gasteiger partial charge in [-0.3, -0.25) is 4.79 Å². The lowest BCUT2D eigenvalue weighted by atomic mass is 9.65. The SMILES string of the molecule is Cc1ccc(C(=O)C[C@@H](B2OC(C)(C)C(C)(C)O2)c2ccccc2)cc1. The molecule has 0 aliphatic carbocycles. The molecule has 0 radical (unpaired) electrons. The Morgan fingerprint density at radius 3 is 2.00 bits per heavy atom. The van der Waals surface area contributed by atoms with E-state index in [4.69, 9.17) is 9.31 Å². The van der Waals surface area contributed by atoms with Gasteiger partial charge in [0.2, 0.25) is 0 Å². The summed E-state index contributed by atoms with van der Waals surface area (Å²) in [5.74, 6) is -0.0420. The Balaban J connectivity index is 1.88. The molecule has 1 fully saturated rings. The number of hydrogen-bond donors (Lipinski definition) is 0. The summed E-state index contributed by atoms with van der Waals surface area (Å²) in [6.07, 6.45) is 0.351. The summed E-state index contributed by atoms with van der Waals surface area (Å²) in [5, 5.41) is 0. The van der Waals surface area contributed by atoms with Crippen LogP contribution in [0, 0.1) is 6.92 Å². The van der Waals surface area contributed by atoms with Gasteiger partial charge in [0.05, 0.1) is 11.2 Å². The molecule has 3 rings (SSSR count). The molecule has 0 saturated carbocycles. The second-order valence-electron chi connectivity index (χ2n) is 8.14. The Hall–Kier alpha value is -1.91. The fraction of sp³-hybridized carbons (Fsp3) is 0.409. The number of Topliss-reactive ketones (excluding diaryl/α,β-unsaturated/α-hetero) is 1. The Morgan fingerprint density at radius 1 is 0.923 bits per heavy atom. The zero-order valence-corrected chi connectivity index (χ0v) is 16.3. The van der Waals surface area contributed by atoms with Crippen molar-refractivity contribution in [3.8, 4) is 0 Å². The second-order valence-corrected chi connectivity index (χ2v) is 8.14. The van der Waals surface area contributed by atoms with E-state index in [1.807, 2.05) is 89.2 Å². The Labute approximate surface area is 156 Å². The molecule has 1 aliphatic heterocycles. The Morgan fingerprint density at radius 2 is 1.46 bits per heavy atom. The molecule has 1 heterocycles. The summed E-state index contributed by atoms with van der Waals surface area (Å²) in [6.45, 7) is 10.2. The van der Waals surface area contributed by atoms with E-state index in [-0.39, 0.29) is 11.6 Å². The van der Waals surface area contributed by atoms with Crippen LogP contribution in [0.3, 0.4) is 0 Å². The quantitative estimate of drug-likeness (QED) is 0.563. The molecule has 1 saturated heterocycles. The van der Waals surface area contributed by atoms with Gasteiger partial charge in [-0.1, -0.05) is 60.2 Å². The normalized spacial score (nSPS) is 19.3. The van der Waals surface area contributed by atoms with E-state index in [0.29, 0.717) is 6.42 Å². The molecule has 1 atom stereocenters. The first-order valence-corrected chi connectivity index (χ1v) is 9.20. The van der Waals surface area contributed by atoms with Gasteiger partial charge in [0.25, 0.3) is 0 Å². The van der Waals surface area contributed by atoms with Crippen molar-refractivity contribution in [2.24, 2.45) is 0 Å². The summed E-state index contributed by atoms with van der Waals surface area (Å²) < 4.78 is 12.5.